The Morgan fingerprint density at radius 2 is 1.72 bits per heavy atom. The molecule has 0 aliphatic carbocycles. The van der Waals surface area contributed by atoms with Gasteiger partial charge in [-0.3, -0.25) is 9.59 Å². The van der Waals surface area contributed by atoms with E-state index in [-0.39, 0.29) is 18.4 Å². The van der Waals surface area contributed by atoms with Gasteiger partial charge in [-0.05, 0) is 61.6 Å². The monoisotopic (exact) mass is 338 g/mol. The molecule has 0 aromatic heterocycles. The van der Waals surface area contributed by atoms with Gasteiger partial charge >= 0.3 is 0 Å². The summed E-state index contributed by atoms with van der Waals surface area (Å²) < 4.78 is 0. The van der Waals surface area contributed by atoms with Gasteiger partial charge in [0.05, 0.1) is 6.54 Å². The third-order valence-electron chi connectivity index (χ3n) is 4.32. The highest BCUT2D eigenvalue weighted by atomic mass is 16.2. The van der Waals surface area contributed by atoms with Crippen molar-refractivity contribution in [3.8, 4) is 0 Å². The molecule has 4 heteroatoms. The van der Waals surface area contributed by atoms with Crippen LogP contribution in [0.3, 0.4) is 0 Å². The molecule has 0 atom stereocenters. The minimum Gasteiger partial charge on any atom is -0.343 e. The maximum atomic E-state index is 12.2. The Bertz CT molecular complexity index is 736. The second-order valence-electron chi connectivity index (χ2n) is 6.28. The van der Waals surface area contributed by atoms with Gasteiger partial charge in [-0.2, -0.15) is 0 Å². The van der Waals surface area contributed by atoms with Crippen LogP contribution in [0.5, 0.6) is 0 Å². The number of carbonyl (C=O) groups is 2. The summed E-state index contributed by atoms with van der Waals surface area (Å²) in [6, 6.07) is 13.3. The SMILES string of the molecule is CCCCc1ccc(C(=O)NCC(=O)Nc2cccc(C)c2C)cc1. The van der Waals surface area contributed by atoms with Crippen LogP contribution in [0.2, 0.25) is 0 Å². The molecule has 132 valence electrons. The van der Waals surface area contributed by atoms with Crippen LogP contribution in [0.15, 0.2) is 42.5 Å². The van der Waals surface area contributed by atoms with E-state index in [0.717, 1.165) is 36.1 Å². The Kier molecular flexibility index (Phi) is 6.75. The summed E-state index contributed by atoms with van der Waals surface area (Å²) in [5, 5.41) is 5.50. The van der Waals surface area contributed by atoms with Crippen LogP contribution in [-0.4, -0.2) is 18.4 Å². The van der Waals surface area contributed by atoms with Crippen LogP contribution in [0, 0.1) is 13.8 Å². The Hall–Kier alpha value is -2.62. The molecule has 4 nitrogen and oxygen atoms in total. The molecule has 2 rings (SSSR count). The molecule has 2 aromatic rings. The maximum Gasteiger partial charge on any atom is 0.251 e. The molecule has 0 fully saturated rings. The Labute approximate surface area is 149 Å². The highest BCUT2D eigenvalue weighted by Gasteiger charge is 2.09. The third kappa shape index (κ3) is 5.45. The lowest BCUT2D eigenvalue weighted by Gasteiger charge is -2.11. The van der Waals surface area contributed by atoms with E-state index in [0.29, 0.717) is 5.56 Å². The summed E-state index contributed by atoms with van der Waals surface area (Å²) in [6.07, 6.45) is 3.32. The maximum absolute atomic E-state index is 12.2. The van der Waals surface area contributed by atoms with E-state index < -0.39 is 0 Å². The second kappa shape index (κ2) is 9.02. The molecule has 0 saturated heterocycles. The van der Waals surface area contributed by atoms with Crippen molar-refractivity contribution in [3.05, 3.63) is 64.7 Å². The van der Waals surface area contributed by atoms with E-state index in [9.17, 15) is 9.59 Å². The van der Waals surface area contributed by atoms with Crippen molar-refractivity contribution in [2.45, 2.75) is 40.0 Å². The van der Waals surface area contributed by atoms with E-state index >= 15 is 0 Å². The number of rotatable bonds is 7. The summed E-state index contributed by atoms with van der Waals surface area (Å²) >= 11 is 0. The average Bonchev–Trinajstić information content (AvgIpc) is 2.62. The molecule has 0 saturated carbocycles. The summed E-state index contributed by atoms with van der Waals surface area (Å²) in [5.74, 6) is -0.472. The second-order valence-corrected chi connectivity index (χ2v) is 6.28. The zero-order valence-corrected chi connectivity index (χ0v) is 15.2. The average molecular weight is 338 g/mol. The molecule has 2 aromatic carbocycles. The molecule has 0 radical (unpaired) electrons. The normalized spacial score (nSPS) is 10.4. The number of anilines is 1. The molecule has 2 N–H and O–H groups in total. The number of benzene rings is 2. The van der Waals surface area contributed by atoms with Gasteiger partial charge in [-0.25, -0.2) is 0 Å². The quantitative estimate of drug-likeness (QED) is 0.801. The number of carbonyl (C=O) groups excluding carboxylic acids is 2. The van der Waals surface area contributed by atoms with E-state index in [1.54, 1.807) is 0 Å². The van der Waals surface area contributed by atoms with E-state index in [4.69, 9.17) is 0 Å². The van der Waals surface area contributed by atoms with Crippen LogP contribution < -0.4 is 10.6 Å². The first kappa shape index (κ1) is 18.7. The summed E-state index contributed by atoms with van der Waals surface area (Å²) in [4.78, 5) is 24.2. The lowest BCUT2D eigenvalue weighted by Crippen LogP contribution is -2.33. The topological polar surface area (TPSA) is 58.2 Å². The number of amides is 2. The van der Waals surface area contributed by atoms with Crippen LogP contribution >= 0.6 is 0 Å². The largest absolute Gasteiger partial charge is 0.343 e. The number of hydrogen-bond donors (Lipinski definition) is 2. The van der Waals surface area contributed by atoms with Crippen LogP contribution in [0.4, 0.5) is 5.69 Å². The molecule has 2 amide bonds. The van der Waals surface area contributed by atoms with E-state index in [2.05, 4.69) is 17.6 Å². The Morgan fingerprint density at radius 3 is 2.40 bits per heavy atom. The molecule has 0 aliphatic heterocycles. The minimum absolute atomic E-state index is 0.0518. The standard InChI is InChI=1S/C21H26N2O2/c1-4-5-8-17-10-12-18(13-11-17)21(25)22-14-20(24)23-19-9-6-7-15(2)16(19)3/h6-7,9-13H,4-5,8,14H2,1-3H3,(H,22,25)(H,23,24). The summed E-state index contributed by atoms with van der Waals surface area (Å²) in [5.41, 5.74) is 4.72. The highest BCUT2D eigenvalue weighted by Crippen LogP contribution is 2.17. The number of aryl methyl sites for hydroxylation is 2. The molecular formula is C21H26N2O2. The summed E-state index contributed by atoms with van der Waals surface area (Å²) in [7, 11) is 0. The smallest absolute Gasteiger partial charge is 0.251 e. The number of hydrogen-bond acceptors (Lipinski definition) is 2. The van der Waals surface area contributed by atoms with Gasteiger partial charge in [0.1, 0.15) is 0 Å². The lowest BCUT2D eigenvalue weighted by molar-refractivity contribution is -0.115. The minimum atomic E-state index is -0.238. The number of nitrogens with one attached hydrogen (secondary N) is 2. The predicted molar refractivity (Wildman–Crippen MR) is 102 cm³/mol. The molecule has 25 heavy (non-hydrogen) atoms. The zero-order valence-electron chi connectivity index (χ0n) is 15.2. The first-order chi connectivity index (χ1) is 12.0. The van der Waals surface area contributed by atoms with Gasteiger partial charge in [0.25, 0.3) is 5.91 Å². The fourth-order valence-corrected chi connectivity index (χ4v) is 2.55. The predicted octanol–water partition coefficient (Wildman–Crippen LogP) is 4.01. The van der Waals surface area contributed by atoms with Gasteiger partial charge in [0, 0.05) is 11.3 Å². The Balaban J connectivity index is 1.86. The lowest BCUT2D eigenvalue weighted by atomic mass is 10.1. The van der Waals surface area contributed by atoms with Crippen molar-refractivity contribution in [1.29, 1.82) is 0 Å². The number of unbranched alkanes of at least 4 members (excludes halogenated alkanes) is 1. The van der Waals surface area contributed by atoms with Crippen LogP contribution in [-0.2, 0) is 11.2 Å². The van der Waals surface area contributed by atoms with Crippen LogP contribution in [0.25, 0.3) is 0 Å². The van der Waals surface area contributed by atoms with E-state index in [1.165, 1.54) is 5.56 Å². The molecule has 0 spiro atoms. The van der Waals surface area contributed by atoms with Crippen molar-refractivity contribution >= 4 is 17.5 Å². The van der Waals surface area contributed by atoms with Crippen molar-refractivity contribution in [3.63, 3.8) is 0 Å². The zero-order chi connectivity index (χ0) is 18.2. The van der Waals surface area contributed by atoms with Crippen molar-refractivity contribution in [1.82, 2.24) is 5.32 Å². The van der Waals surface area contributed by atoms with Crippen molar-refractivity contribution < 1.29 is 9.59 Å². The summed E-state index contributed by atoms with van der Waals surface area (Å²) in [6.45, 7) is 6.06. The highest BCUT2D eigenvalue weighted by molar-refractivity contribution is 5.99. The van der Waals surface area contributed by atoms with Gasteiger partial charge in [-0.15, -0.1) is 0 Å². The molecule has 0 unspecified atom stereocenters. The first-order valence-electron chi connectivity index (χ1n) is 8.74. The fourth-order valence-electron chi connectivity index (χ4n) is 2.55. The van der Waals surface area contributed by atoms with Crippen molar-refractivity contribution in [2.24, 2.45) is 0 Å². The van der Waals surface area contributed by atoms with Gasteiger partial charge in [0.15, 0.2) is 0 Å². The van der Waals surface area contributed by atoms with E-state index in [1.807, 2.05) is 56.3 Å². The molecular weight excluding hydrogens is 312 g/mol. The van der Waals surface area contributed by atoms with Crippen molar-refractivity contribution in [2.75, 3.05) is 11.9 Å². The van der Waals surface area contributed by atoms with Gasteiger partial charge < -0.3 is 10.6 Å². The molecule has 0 bridgehead atoms. The Morgan fingerprint density at radius 1 is 1.00 bits per heavy atom. The fraction of sp³-hybridized carbons (Fsp3) is 0.333. The molecule has 0 aliphatic rings. The van der Waals surface area contributed by atoms with Gasteiger partial charge in [-0.1, -0.05) is 37.6 Å². The van der Waals surface area contributed by atoms with Crippen LogP contribution in [0.1, 0.15) is 46.8 Å². The first-order valence-corrected chi connectivity index (χ1v) is 8.74. The van der Waals surface area contributed by atoms with Gasteiger partial charge in [0.2, 0.25) is 5.91 Å². The third-order valence-corrected chi connectivity index (χ3v) is 4.32. The molecule has 0 heterocycles.